The number of primary amides is 1. The molecule has 0 spiro atoms. The second-order valence-corrected chi connectivity index (χ2v) is 5.95. The van der Waals surface area contributed by atoms with Gasteiger partial charge in [0.2, 0.25) is 0 Å². The van der Waals surface area contributed by atoms with E-state index in [4.69, 9.17) is 10.5 Å². The molecule has 0 aromatic heterocycles. The Bertz CT molecular complexity index is 562. The summed E-state index contributed by atoms with van der Waals surface area (Å²) in [6.07, 6.45) is 0.644. The highest BCUT2D eigenvalue weighted by atomic mass is 79.9. The average Bonchev–Trinajstić information content (AvgIpc) is 2.51. The van der Waals surface area contributed by atoms with Crippen molar-refractivity contribution in [3.63, 3.8) is 0 Å². The third-order valence-corrected chi connectivity index (χ3v) is 3.77. The first-order valence-corrected chi connectivity index (χ1v) is 7.90. The molecule has 1 aromatic rings. The lowest BCUT2D eigenvalue weighted by atomic mass is 9.99. The van der Waals surface area contributed by atoms with Crippen LogP contribution >= 0.6 is 15.9 Å². The molecule has 3 amide bonds. The minimum absolute atomic E-state index is 0.162. The van der Waals surface area contributed by atoms with E-state index in [0.717, 1.165) is 4.47 Å². The van der Waals surface area contributed by atoms with E-state index in [1.54, 1.807) is 31.2 Å². The standard InChI is InChI=1S/C15H20BrN3O4/c1-3-9(2)13(19-15(17)22)14(21)23-8-12(20)18-11-6-4-10(16)5-7-11/h4-7,9,13H,3,8H2,1-2H3,(H,18,20)(H3,17,19,22)/t9-,13-/m0/s1. The summed E-state index contributed by atoms with van der Waals surface area (Å²) < 4.78 is 5.84. The zero-order valence-electron chi connectivity index (χ0n) is 13.0. The number of carbonyl (C=O) groups excluding carboxylic acids is 3. The van der Waals surface area contributed by atoms with Crippen molar-refractivity contribution in [1.82, 2.24) is 5.32 Å². The summed E-state index contributed by atoms with van der Waals surface area (Å²) in [4.78, 5) is 34.7. The Kier molecular flexibility index (Phi) is 7.53. The maximum absolute atomic E-state index is 12.0. The minimum Gasteiger partial charge on any atom is -0.454 e. The van der Waals surface area contributed by atoms with Gasteiger partial charge in [-0.25, -0.2) is 9.59 Å². The fourth-order valence-electron chi connectivity index (χ4n) is 1.78. The number of esters is 1. The van der Waals surface area contributed by atoms with Gasteiger partial charge < -0.3 is 21.1 Å². The first-order chi connectivity index (χ1) is 10.8. The SMILES string of the molecule is CC[C@H](C)[C@H](NC(N)=O)C(=O)OCC(=O)Nc1ccc(Br)cc1. The maximum atomic E-state index is 12.0. The highest BCUT2D eigenvalue weighted by molar-refractivity contribution is 9.10. The smallest absolute Gasteiger partial charge is 0.329 e. The van der Waals surface area contributed by atoms with Gasteiger partial charge in [0.15, 0.2) is 6.61 Å². The maximum Gasteiger partial charge on any atom is 0.329 e. The molecule has 126 valence electrons. The Balaban J connectivity index is 2.53. The second-order valence-electron chi connectivity index (χ2n) is 5.03. The normalized spacial score (nSPS) is 12.8. The van der Waals surface area contributed by atoms with Crippen LogP contribution in [0.2, 0.25) is 0 Å². The number of benzene rings is 1. The number of halogens is 1. The van der Waals surface area contributed by atoms with Gasteiger partial charge in [0.1, 0.15) is 6.04 Å². The lowest BCUT2D eigenvalue weighted by Crippen LogP contribution is -2.48. The zero-order chi connectivity index (χ0) is 17.4. The van der Waals surface area contributed by atoms with Crippen LogP contribution in [0.4, 0.5) is 10.5 Å². The quantitative estimate of drug-likeness (QED) is 0.623. The van der Waals surface area contributed by atoms with E-state index in [9.17, 15) is 14.4 Å². The van der Waals surface area contributed by atoms with Gasteiger partial charge in [0.25, 0.3) is 5.91 Å². The van der Waals surface area contributed by atoms with Gasteiger partial charge in [-0.1, -0.05) is 36.2 Å². The van der Waals surface area contributed by atoms with E-state index in [1.807, 2.05) is 6.92 Å². The van der Waals surface area contributed by atoms with Crippen LogP contribution in [0.1, 0.15) is 20.3 Å². The van der Waals surface area contributed by atoms with Gasteiger partial charge in [0.05, 0.1) is 0 Å². The molecule has 0 aliphatic heterocycles. The Morgan fingerprint density at radius 1 is 1.26 bits per heavy atom. The number of ether oxygens (including phenoxy) is 1. The Morgan fingerprint density at radius 2 is 1.87 bits per heavy atom. The van der Waals surface area contributed by atoms with Crippen molar-refractivity contribution in [1.29, 1.82) is 0 Å². The molecule has 0 aliphatic carbocycles. The average molecular weight is 386 g/mol. The molecule has 0 bridgehead atoms. The van der Waals surface area contributed by atoms with Crippen LogP contribution in [0.25, 0.3) is 0 Å². The fourth-order valence-corrected chi connectivity index (χ4v) is 2.04. The molecule has 0 saturated carbocycles. The van der Waals surface area contributed by atoms with Gasteiger partial charge in [-0.2, -0.15) is 0 Å². The molecule has 4 N–H and O–H groups in total. The highest BCUT2D eigenvalue weighted by Gasteiger charge is 2.27. The number of hydrogen-bond acceptors (Lipinski definition) is 4. The monoisotopic (exact) mass is 385 g/mol. The number of rotatable bonds is 7. The third kappa shape index (κ3) is 6.68. The van der Waals surface area contributed by atoms with Crippen LogP contribution in [-0.2, 0) is 14.3 Å². The van der Waals surface area contributed by atoms with Gasteiger partial charge in [-0.3, -0.25) is 4.79 Å². The summed E-state index contributed by atoms with van der Waals surface area (Å²) in [6.45, 7) is 3.21. The van der Waals surface area contributed by atoms with Gasteiger partial charge in [-0.05, 0) is 30.2 Å². The summed E-state index contributed by atoms with van der Waals surface area (Å²) in [5.41, 5.74) is 5.64. The van der Waals surface area contributed by atoms with Crippen molar-refractivity contribution < 1.29 is 19.1 Å². The first-order valence-electron chi connectivity index (χ1n) is 7.11. The predicted octanol–water partition coefficient (Wildman–Crippen LogP) is 2.01. The molecule has 0 heterocycles. The molecule has 0 unspecified atom stereocenters. The Labute approximate surface area is 143 Å². The molecule has 0 fully saturated rings. The van der Waals surface area contributed by atoms with E-state index >= 15 is 0 Å². The van der Waals surface area contributed by atoms with Crippen LogP contribution in [0, 0.1) is 5.92 Å². The van der Waals surface area contributed by atoms with Gasteiger partial charge in [-0.15, -0.1) is 0 Å². The van der Waals surface area contributed by atoms with Crippen LogP contribution in [-0.4, -0.2) is 30.6 Å². The van der Waals surface area contributed by atoms with Crippen molar-refractivity contribution in [2.75, 3.05) is 11.9 Å². The van der Waals surface area contributed by atoms with E-state index in [0.29, 0.717) is 12.1 Å². The fraction of sp³-hybridized carbons (Fsp3) is 0.400. The summed E-state index contributed by atoms with van der Waals surface area (Å²) in [6, 6.07) is 5.28. The second kappa shape index (κ2) is 9.14. The molecule has 0 aliphatic rings. The summed E-state index contributed by atoms with van der Waals surface area (Å²) >= 11 is 3.29. The molecular weight excluding hydrogens is 366 g/mol. The van der Waals surface area contributed by atoms with E-state index in [-0.39, 0.29) is 5.92 Å². The van der Waals surface area contributed by atoms with Crippen molar-refractivity contribution in [3.05, 3.63) is 28.7 Å². The van der Waals surface area contributed by atoms with Crippen molar-refractivity contribution in [3.8, 4) is 0 Å². The summed E-state index contributed by atoms with van der Waals surface area (Å²) in [7, 11) is 0. The number of nitrogens with two attached hydrogens (primary N) is 1. The molecule has 0 radical (unpaired) electrons. The van der Waals surface area contributed by atoms with Crippen molar-refractivity contribution >= 4 is 39.5 Å². The Hall–Kier alpha value is -2.09. The minimum atomic E-state index is -0.877. The molecular formula is C15H20BrN3O4. The number of urea groups is 1. The summed E-state index contributed by atoms with van der Waals surface area (Å²) in [5.74, 6) is -1.32. The number of anilines is 1. The van der Waals surface area contributed by atoms with Crippen LogP contribution in [0.5, 0.6) is 0 Å². The van der Waals surface area contributed by atoms with E-state index < -0.39 is 30.6 Å². The lowest BCUT2D eigenvalue weighted by Gasteiger charge is -2.21. The summed E-state index contributed by atoms with van der Waals surface area (Å²) in [5, 5.41) is 4.94. The topological polar surface area (TPSA) is 111 Å². The zero-order valence-corrected chi connectivity index (χ0v) is 14.6. The first kappa shape index (κ1) is 19.0. The number of carbonyl (C=O) groups is 3. The Morgan fingerprint density at radius 3 is 2.39 bits per heavy atom. The van der Waals surface area contributed by atoms with Crippen LogP contribution in [0.3, 0.4) is 0 Å². The third-order valence-electron chi connectivity index (χ3n) is 3.24. The number of nitrogens with one attached hydrogen (secondary N) is 2. The molecule has 23 heavy (non-hydrogen) atoms. The molecule has 8 heteroatoms. The highest BCUT2D eigenvalue weighted by Crippen LogP contribution is 2.14. The van der Waals surface area contributed by atoms with E-state index in [2.05, 4.69) is 26.6 Å². The lowest BCUT2D eigenvalue weighted by molar-refractivity contribution is -0.150. The molecule has 7 nitrogen and oxygen atoms in total. The van der Waals surface area contributed by atoms with Crippen LogP contribution < -0.4 is 16.4 Å². The molecule has 1 aromatic carbocycles. The van der Waals surface area contributed by atoms with Crippen LogP contribution in [0.15, 0.2) is 28.7 Å². The van der Waals surface area contributed by atoms with Crippen molar-refractivity contribution in [2.45, 2.75) is 26.3 Å². The van der Waals surface area contributed by atoms with Crippen molar-refractivity contribution in [2.24, 2.45) is 11.7 Å². The number of amides is 3. The largest absolute Gasteiger partial charge is 0.454 e. The molecule has 2 atom stereocenters. The number of hydrogen-bond donors (Lipinski definition) is 3. The van der Waals surface area contributed by atoms with E-state index in [1.165, 1.54) is 0 Å². The van der Waals surface area contributed by atoms with Gasteiger partial charge in [0, 0.05) is 10.2 Å². The molecule has 0 saturated heterocycles. The van der Waals surface area contributed by atoms with Gasteiger partial charge >= 0.3 is 12.0 Å². The predicted molar refractivity (Wildman–Crippen MR) is 89.7 cm³/mol. The molecule has 1 rings (SSSR count).